The van der Waals surface area contributed by atoms with Crippen LogP contribution in [0, 0.1) is 0 Å². The van der Waals surface area contributed by atoms with Gasteiger partial charge in [0, 0.05) is 0 Å². The third kappa shape index (κ3) is 1.37. The van der Waals surface area contributed by atoms with Gasteiger partial charge in [0.15, 0.2) is 13.6 Å². The third-order valence-electron chi connectivity index (χ3n) is 5.10. The molecule has 3 nitrogen and oxygen atoms in total. The summed E-state index contributed by atoms with van der Waals surface area (Å²) in [4.78, 5) is 12.7. The summed E-state index contributed by atoms with van der Waals surface area (Å²) in [5, 5.41) is 9.76. The molecule has 0 radical (unpaired) electrons. The van der Waals surface area contributed by atoms with E-state index < -0.39 is 16.3 Å². The van der Waals surface area contributed by atoms with Crippen LogP contribution < -0.4 is 11.2 Å². The van der Waals surface area contributed by atoms with Crippen LogP contribution in [0.1, 0.15) is 18.4 Å². The quantitative estimate of drug-likeness (QED) is 0.554. The van der Waals surface area contributed by atoms with Gasteiger partial charge in [0.1, 0.15) is 7.85 Å². The monoisotopic (exact) mass is 273 g/mol. The molecular weight excluding hydrogens is 258 g/mol. The number of hydrogen-bond acceptors (Lipinski definition) is 3. The summed E-state index contributed by atoms with van der Waals surface area (Å²) in [6.07, 6.45) is 0.734. The number of ketones is 1. The zero-order valence-corrected chi connectivity index (χ0v) is 11.9. The summed E-state index contributed by atoms with van der Waals surface area (Å²) in [6, 6.07) is 7.54. The summed E-state index contributed by atoms with van der Waals surface area (Å²) in [6.45, 7) is 0. The number of carbonyl (C=O) groups is 1. The molecule has 1 aliphatic carbocycles. The van der Waals surface area contributed by atoms with Crippen LogP contribution in [0.5, 0.6) is 0 Å². The predicted octanol–water partition coefficient (Wildman–Crippen LogP) is -1.69. The molecule has 3 unspecified atom stereocenters. The van der Waals surface area contributed by atoms with Crippen molar-refractivity contribution in [2.75, 3.05) is 0 Å². The standard InChI is InChI=1S/C12H15B3ClNO2/c13-10(19)5-6-11(14)12(17,9(10)18)7-3-1-2-4-8(7)15(11)16/h1-4,19H,5-6,13-14,17H2. The Morgan fingerprint density at radius 2 is 1.95 bits per heavy atom. The molecule has 0 amide bonds. The van der Waals surface area contributed by atoms with Crippen molar-refractivity contribution < 1.29 is 9.90 Å². The van der Waals surface area contributed by atoms with E-state index in [0.717, 1.165) is 11.0 Å². The highest BCUT2D eigenvalue weighted by atomic mass is 35.5. The second-order valence-electron chi connectivity index (χ2n) is 6.28. The third-order valence-corrected chi connectivity index (χ3v) is 5.81. The van der Waals surface area contributed by atoms with Gasteiger partial charge in [0.2, 0.25) is 0 Å². The lowest BCUT2D eigenvalue weighted by molar-refractivity contribution is -0.140. The van der Waals surface area contributed by atoms with Gasteiger partial charge < -0.3 is 10.8 Å². The predicted molar refractivity (Wildman–Crippen MR) is 82.5 cm³/mol. The van der Waals surface area contributed by atoms with E-state index in [1.54, 1.807) is 7.85 Å². The average Bonchev–Trinajstić information content (AvgIpc) is 2.57. The SMILES string of the molecule is BC1(O)CCC2(B)B(Cl)c3ccccc3C2(N)C1=O. The van der Waals surface area contributed by atoms with E-state index in [9.17, 15) is 9.90 Å². The zero-order valence-electron chi connectivity index (χ0n) is 11.1. The minimum Gasteiger partial charge on any atom is -0.391 e. The number of fused-ring (bicyclic) bond motifs is 3. The van der Waals surface area contributed by atoms with E-state index in [2.05, 4.69) is 0 Å². The van der Waals surface area contributed by atoms with Crippen LogP contribution >= 0.6 is 11.5 Å². The van der Waals surface area contributed by atoms with Crippen molar-refractivity contribution in [2.45, 2.75) is 29.1 Å². The van der Waals surface area contributed by atoms with E-state index in [-0.39, 0.29) is 11.9 Å². The van der Waals surface area contributed by atoms with Gasteiger partial charge in [-0.25, -0.2) is 0 Å². The van der Waals surface area contributed by atoms with Gasteiger partial charge in [-0.05, 0) is 17.2 Å². The van der Waals surface area contributed by atoms with Crippen molar-refractivity contribution in [3.8, 4) is 0 Å². The van der Waals surface area contributed by atoms with Crippen LogP contribution in [-0.2, 0) is 10.3 Å². The fourth-order valence-electron chi connectivity index (χ4n) is 3.67. The molecule has 1 heterocycles. The summed E-state index contributed by atoms with van der Waals surface area (Å²) >= 11 is 6.59. The van der Waals surface area contributed by atoms with Crippen molar-refractivity contribution >= 4 is 44.5 Å². The van der Waals surface area contributed by atoms with E-state index >= 15 is 0 Å². The molecular formula is C12H15B3ClNO2. The topological polar surface area (TPSA) is 63.3 Å². The summed E-state index contributed by atoms with van der Waals surface area (Å²) in [5.41, 5.74) is 5.64. The first-order valence-electron chi connectivity index (χ1n) is 6.55. The first-order chi connectivity index (χ1) is 8.75. The molecule has 3 atom stereocenters. The lowest BCUT2D eigenvalue weighted by atomic mass is 9.32. The first-order valence-corrected chi connectivity index (χ1v) is 6.98. The smallest absolute Gasteiger partial charge is 0.284 e. The Labute approximate surface area is 119 Å². The van der Waals surface area contributed by atoms with Gasteiger partial charge in [-0.3, -0.25) is 4.79 Å². The van der Waals surface area contributed by atoms with Crippen molar-refractivity contribution in [1.29, 1.82) is 0 Å². The van der Waals surface area contributed by atoms with Gasteiger partial charge in [-0.2, -0.15) is 11.5 Å². The number of Topliss-reactive ketones (excluding diaryl/α,β-unsaturated/α-hetero) is 1. The maximum atomic E-state index is 12.7. The number of carbonyl (C=O) groups excluding carboxylic acids is 1. The maximum Gasteiger partial charge on any atom is 0.284 e. The molecule has 1 saturated carbocycles. The number of benzene rings is 1. The molecule has 1 aromatic rings. The van der Waals surface area contributed by atoms with E-state index in [1.807, 2.05) is 32.1 Å². The normalized spacial score (nSPS) is 41.0. The Morgan fingerprint density at radius 1 is 1.32 bits per heavy atom. The highest BCUT2D eigenvalue weighted by Crippen LogP contribution is 2.57. The van der Waals surface area contributed by atoms with Gasteiger partial charge in [-0.15, -0.1) is 0 Å². The Morgan fingerprint density at radius 3 is 2.63 bits per heavy atom. The summed E-state index contributed by atoms with van der Waals surface area (Å²) < 4.78 is 0. The lowest BCUT2D eigenvalue weighted by Crippen LogP contribution is -2.66. The molecule has 1 fully saturated rings. The molecule has 1 aromatic carbocycles. The van der Waals surface area contributed by atoms with Crippen molar-refractivity contribution in [3.05, 3.63) is 29.8 Å². The van der Waals surface area contributed by atoms with E-state index in [1.165, 1.54) is 0 Å². The van der Waals surface area contributed by atoms with Gasteiger partial charge in [-0.1, -0.05) is 36.1 Å². The molecule has 19 heavy (non-hydrogen) atoms. The van der Waals surface area contributed by atoms with E-state index in [0.29, 0.717) is 12.8 Å². The zero-order chi connectivity index (χ0) is 14.1. The Balaban J connectivity index is 2.29. The Bertz CT molecular complexity index is 582. The fourth-order valence-corrected chi connectivity index (χ4v) is 4.15. The molecule has 7 heteroatoms. The number of hydrogen-bond donors (Lipinski definition) is 2. The first kappa shape index (κ1) is 13.3. The van der Waals surface area contributed by atoms with Crippen LogP contribution in [0.15, 0.2) is 24.3 Å². The van der Waals surface area contributed by atoms with Crippen LogP contribution in [0.25, 0.3) is 0 Å². The van der Waals surface area contributed by atoms with E-state index in [4.69, 9.17) is 17.2 Å². The summed E-state index contributed by atoms with van der Waals surface area (Å²) in [7, 11) is 3.51. The van der Waals surface area contributed by atoms with Crippen LogP contribution in [0.3, 0.4) is 0 Å². The molecule has 0 saturated heterocycles. The Kier molecular flexibility index (Phi) is 2.58. The molecule has 0 spiro atoms. The molecule has 0 bridgehead atoms. The second-order valence-corrected chi connectivity index (χ2v) is 6.71. The van der Waals surface area contributed by atoms with Gasteiger partial charge in [0.25, 0.3) is 6.13 Å². The van der Waals surface area contributed by atoms with Crippen LogP contribution in [-0.4, -0.2) is 38.2 Å². The van der Waals surface area contributed by atoms with Crippen LogP contribution in [0.4, 0.5) is 0 Å². The highest BCUT2D eigenvalue weighted by Gasteiger charge is 2.67. The number of aliphatic hydroxyl groups is 1. The largest absolute Gasteiger partial charge is 0.391 e. The van der Waals surface area contributed by atoms with Crippen LogP contribution in [0.2, 0.25) is 5.21 Å². The minimum absolute atomic E-state index is 0.297. The number of rotatable bonds is 0. The molecule has 96 valence electrons. The highest BCUT2D eigenvalue weighted by molar-refractivity contribution is 7.19. The number of nitrogens with two attached hydrogens (primary N) is 1. The van der Waals surface area contributed by atoms with Crippen molar-refractivity contribution in [1.82, 2.24) is 0 Å². The summed E-state index contributed by atoms with van der Waals surface area (Å²) in [5.74, 6) is -0.315. The van der Waals surface area contributed by atoms with Crippen molar-refractivity contribution in [2.24, 2.45) is 5.73 Å². The minimum atomic E-state index is -1.37. The molecule has 1 aliphatic heterocycles. The average molecular weight is 273 g/mol. The molecule has 3 rings (SSSR count). The van der Waals surface area contributed by atoms with Gasteiger partial charge in [0.05, 0.1) is 11.0 Å². The maximum absolute atomic E-state index is 12.7. The molecule has 3 N–H and O–H groups in total. The van der Waals surface area contributed by atoms with Crippen molar-refractivity contribution in [3.63, 3.8) is 0 Å². The van der Waals surface area contributed by atoms with Gasteiger partial charge >= 0.3 is 0 Å². The lowest BCUT2D eigenvalue weighted by Gasteiger charge is -2.50. The second kappa shape index (κ2) is 3.69. The Hall–Kier alpha value is -0.705. The number of halogens is 1. The fraction of sp³-hybridized carbons (Fsp3) is 0.417. The molecule has 0 aromatic heterocycles. The molecule has 2 aliphatic rings.